The maximum Gasteiger partial charge on any atom is 0.337 e. The Morgan fingerprint density at radius 2 is 2.09 bits per heavy atom. The molecular formula is C15H24N2O5S. The van der Waals surface area contributed by atoms with Gasteiger partial charge in [-0.05, 0) is 38.0 Å². The Morgan fingerprint density at radius 1 is 1.39 bits per heavy atom. The minimum absolute atomic E-state index is 0.0577. The van der Waals surface area contributed by atoms with Crippen molar-refractivity contribution < 1.29 is 23.1 Å². The second-order valence-electron chi connectivity index (χ2n) is 5.22. The lowest BCUT2D eigenvalue weighted by atomic mass is 10.2. The van der Waals surface area contributed by atoms with Crippen LogP contribution in [0.2, 0.25) is 0 Å². The minimum Gasteiger partial charge on any atom is -0.478 e. The molecular weight excluding hydrogens is 320 g/mol. The number of hydrogen-bond acceptors (Lipinski definition) is 5. The van der Waals surface area contributed by atoms with Gasteiger partial charge in [0.15, 0.2) is 0 Å². The van der Waals surface area contributed by atoms with Crippen LogP contribution in [0.4, 0.5) is 5.69 Å². The van der Waals surface area contributed by atoms with Crippen molar-refractivity contribution in [3.05, 3.63) is 23.8 Å². The predicted molar refractivity (Wildman–Crippen MR) is 88.5 cm³/mol. The second kappa shape index (κ2) is 8.85. The van der Waals surface area contributed by atoms with Crippen LogP contribution in [0.3, 0.4) is 0 Å². The number of rotatable bonds is 10. The van der Waals surface area contributed by atoms with Gasteiger partial charge in [0.1, 0.15) is 0 Å². The molecule has 1 aromatic carbocycles. The third-order valence-corrected chi connectivity index (χ3v) is 4.93. The van der Waals surface area contributed by atoms with Gasteiger partial charge >= 0.3 is 5.97 Å². The molecule has 23 heavy (non-hydrogen) atoms. The fraction of sp³-hybridized carbons (Fsp3) is 0.533. The summed E-state index contributed by atoms with van der Waals surface area (Å²) >= 11 is 0. The first-order valence-electron chi connectivity index (χ1n) is 7.44. The van der Waals surface area contributed by atoms with E-state index in [2.05, 4.69) is 10.0 Å². The number of carbonyl (C=O) groups is 1. The van der Waals surface area contributed by atoms with E-state index in [9.17, 15) is 18.3 Å². The molecule has 1 unspecified atom stereocenters. The van der Waals surface area contributed by atoms with E-state index >= 15 is 0 Å². The van der Waals surface area contributed by atoms with Crippen LogP contribution < -0.4 is 10.0 Å². The summed E-state index contributed by atoms with van der Waals surface area (Å²) in [5, 5.41) is 12.3. The smallest absolute Gasteiger partial charge is 0.337 e. The number of ether oxygens (including phenoxy) is 1. The summed E-state index contributed by atoms with van der Waals surface area (Å²) in [7, 11) is -2.14. The fourth-order valence-corrected chi connectivity index (χ4v) is 3.23. The Kier molecular flexibility index (Phi) is 7.47. The summed E-state index contributed by atoms with van der Waals surface area (Å²) in [6, 6.07) is 3.82. The van der Waals surface area contributed by atoms with Gasteiger partial charge in [0, 0.05) is 32.0 Å². The molecule has 0 bridgehead atoms. The molecule has 0 spiro atoms. The van der Waals surface area contributed by atoms with Crippen LogP contribution in [0.15, 0.2) is 23.1 Å². The third-order valence-electron chi connectivity index (χ3n) is 3.34. The van der Waals surface area contributed by atoms with E-state index in [-0.39, 0.29) is 16.5 Å². The molecule has 0 saturated heterocycles. The summed E-state index contributed by atoms with van der Waals surface area (Å²) < 4.78 is 31.9. The monoisotopic (exact) mass is 344 g/mol. The van der Waals surface area contributed by atoms with Gasteiger partial charge in [0.2, 0.25) is 10.0 Å². The standard InChI is InChI=1S/C15H24N2O5S/c1-4-11(2)17-23(20,21)12-6-7-14(13(10-12)15(18)19)16-8-5-9-22-3/h6-7,10-11,16-17H,4-5,8-9H2,1-3H3,(H,18,19). The molecule has 1 aromatic rings. The Bertz CT molecular complexity index is 631. The van der Waals surface area contributed by atoms with Gasteiger partial charge in [-0.25, -0.2) is 17.9 Å². The molecule has 7 nitrogen and oxygen atoms in total. The van der Waals surface area contributed by atoms with Gasteiger partial charge in [-0.3, -0.25) is 0 Å². The zero-order valence-corrected chi connectivity index (χ0v) is 14.4. The lowest BCUT2D eigenvalue weighted by molar-refractivity contribution is 0.0697. The Labute approximate surface area is 137 Å². The van der Waals surface area contributed by atoms with Crippen molar-refractivity contribution in [3.8, 4) is 0 Å². The van der Waals surface area contributed by atoms with Crippen LogP contribution in [0.5, 0.6) is 0 Å². The zero-order chi connectivity index (χ0) is 17.5. The van der Waals surface area contributed by atoms with E-state index in [1.807, 2.05) is 6.92 Å². The van der Waals surface area contributed by atoms with Crippen LogP contribution in [0.25, 0.3) is 0 Å². The molecule has 0 aliphatic rings. The van der Waals surface area contributed by atoms with Crippen LogP contribution in [0.1, 0.15) is 37.0 Å². The molecule has 8 heteroatoms. The number of aromatic carboxylic acids is 1. The van der Waals surface area contributed by atoms with Gasteiger partial charge in [0.25, 0.3) is 0 Å². The van der Waals surface area contributed by atoms with Gasteiger partial charge in [-0.1, -0.05) is 6.92 Å². The maximum absolute atomic E-state index is 12.2. The first-order valence-corrected chi connectivity index (χ1v) is 8.92. The number of benzene rings is 1. The van der Waals surface area contributed by atoms with Crippen molar-refractivity contribution in [1.82, 2.24) is 4.72 Å². The van der Waals surface area contributed by atoms with Crippen molar-refractivity contribution in [2.75, 3.05) is 25.6 Å². The maximum atomic E-state index is 12.2. The highest BCUT2D eigenvalue weighted by molar-refractivity contribution is 7.89. The average molecular weight is 344 g/mol. The number of sulfonamides is 1. The molecule has 0 fully saturated rings. The van der Waals surface area contributed by atoms with E-state index in [1.54, 1.807) is 14.0 Å². The molecule has 0 heterocycles. The highest BCUT2D eigenvalue weighted by Gasteiger charge is 2.20. The Balaban J connectivity index is 3.01. The average Bonchev–Trinajstić information content (AvgIpc) is 2.50. The number of anilines is 1. The number of hydrogen-bond donors (Lipinski definition) is 3. The molecule has 0 aliphatic carbocycles. The Hall–Kier alpha value is -1.64. The molecule has 1 rings (SSSR count). The van der Waals surface area contributed by atoms with Crippen molar-refractivity contribution >= 4 is 21.7 Å². The minimum atomic E-state index is -3.73. The highest BCUT2D eigenvalue weighted by atomic mass is 32.2. The first kappa shape index (κ1) is 19.4. The van der Waals surface area contributed by atoms with Crippen LogP contribution in [-0.2, 0) is 14.8 Å². The summed E-state index contributed by atoms with van der Waals surface area (Å²) in [5.74, 6) is -1.18. The molecule has 0 aromatic heterocycles. The molecule has 130 valence electrons. The summed E-state index contributed by atoms with van der Waals surface area (Å²) in [6.45, 7) is 4.70. The van der Waals surface area contributed by atoms with E-state index in [0.29, 0.717) is 31.7 Å². The Morgan fingerprint density at radius 3 is 2.65 bits per heavy atom. The normalized spacial score (nSPS) is 12.8. The van der Waals surface area contributed by atoms with Crippen molar-refractivity contribution in [2.24, 2.45) is 0 Å². The van der Waals surface area contributed by atoms with Crippen LogP contribution in [0, 0.1) is 0 Å². The highest BCUT2D eigenvalue weighted by Crippen LogP contribution is 2.21. The number of carboxylic acid groups (broad SMARTS) is 1. The molecule has 0 aliphatic heterocycles. The summed E-state index contributed by atoms with van der Waals surface area (Å²) in [5.41, 5.74) is 0.311. The predicted octanol–water partition coefficient (Wildman–Crippen LogP) is 1.91. The lowest BCUT2D eigenvalue weighted by Crippen LogP contribution is -2.32. The van der Waals surface area contributed by atoms with E-state index in [1.165, 1.54) is 18.2 Å². The first-order chi connectivity index (χ1) is 10.8. The molecule has 1 atom stereocenters. The number of carboxylic acids is 1. The number of methoxy groups -OCH3 is 1. The molecule has 0 radical (unpaired) electrons. The molecule has 0 amide bonds. The third kappa shape index (κ3) is 5.81. The number of nitrogens with one attached hydrogen (secondary N) is 2. The van der Waals surface area contributed by atoms with E-state index < -0.39 is 16.0 Å². The second-order valence-corrected chi connectivity index (χ2v) is 6.93. The van der Waals surface area contributed by atoms with Gasteiger partial charge < -0.3 is 15.2 Å². The van der Waals surface area contributed by atoms with Gasteiger partial charge in [-0.15, -0.1) is 0 Å². The largest absolute Gasteiger partial charge is 0.478 e. The van der Waals surface area contributed by atoms with Crippen molar-refractivity contribution in [2.45, 2.75) is 37.6 Å². The van der Waals surface area contributed by atoms with Crippen LogP contribution >= 0.6 is 0 Å². The summed E-state index contributed by atoms with van der Waals surface area (Å²) in [4.78, 5) is 11.3. The van der Waals surface area contributed by atoms with Crippen molar-refractivity contribution in [1.29, 1.82) is 0 Å². The van der Waals surface area contributed by atoms with E-state index in [4.69, 9.17) is 4.74 Å². The lowest BCUT2D eigenvalue weighted by Gasteiger charge is -2.14. The van der Waals surface area contributed by atoms with Crippen LogP contribution in [-0.4, -0.2) is 45.8 Å². The quantitative estimate of drug-likeness (QED) is 0.560. The van der Waals surface area contributed by atoms with Gasteiger partial charge in [-0.2, -0.15) is 0 Å². The van der Waals surface area contributed by atoms with Crippen molar-refractivity contribution in [3.63, 3.8) is 0 Å². The fourth-order valence-electron chi connectivity index (χ4n) is 1.88. The van der Waals surface area contributed by atoms with E-state index in [0.717, 1.165) is 0 Å². The SMILES string of the molecule is CCC(C)NS(=O)(=O)c1ccc(NCCCOC)c(C(=O)O)c1. The topological polar surface area (TPSA) is 105 Å². The molecule has 0 saturated carbocycles. The zero-order valence-electron chi connectivity index (χ0n) is 13.6. The molecule has 3 N–H and O–H groups in total. The summed E-state index contributed by atoms with van der Waals surface area (Å²) in [6.07, 6.45) is 1.36. The van der Waals surface area contributed by atoms with Gasteiger partial charge in [0.05, 0.1) is 10.5 Å².